The Labute approximate surface area is 352 Å². The number of ether oxygens (including phenoxy) is 1. The average molecular weight is 805 g/mol. The molecule has 1 atom stereocenters. The van der Waals surface area contributed by atoms with E-state index >= 15 is 0 Å². The van der Waals surface area contributed by atoms with Crippen LogP contribution in [0, 0.1) is 0 Å². The third-order valence-corrected chi connectivity index (χ3v) is 13.2. The van der Waals surface area contributed by atoms with Gasteiger partial charge in [-0.05, 0) is 96.4 Å². The lowest BCUT2D eigenvalue weighted by Gasteiger charge is -2.33. The molecule has 5 aromatic rings. The van der Waals surface area contributed by atoms with E-state index in [-0.39, 0.29) is 37.9 Å². The molecule has 0 saturated heterocycles. The van der Waals surface area contributed by atoms with Gasteiger partial charge in [0.1, 0.15) is 22.7 Å². The molecule has 4 nitrogen and oxygen atoms in total. The molecule has 6 rings (SSSR count). The van der Waals surface area contributed by atoms with E-state index < -0.39 is 8.24 Å². The molecule has 0 amide bonds. The van der Waals surface area contributed by atoms with E-state index in [4.69, 9.17) is 17.7 Å². The Morgan fingerprint density at radius 2 is 0.931 bits per heavy atom. The van der Waals surface area contributed by atoms with Crippen LogP contribution in [-0.2, 0) is 44.3 Å². The van der Waals surface area contributed by atoms with Gasteiger partial charge < -0.3 is 17.7 Å². The standard InChI is InChI=1S/C53H73O4P/c1-47(2,3)32-22-31-30-53(19,20)42-29-35(50(10,11)12)26-39(37-24-33(48(4,5)6)27-40(44(37)54-21)51(13,14)15)46(42)57-58-55-43(31)36(23-32)38-25-34(49(7,8)9)28-41(45(38)56-58)52(16,17)18/h22-29H,30H2,1-21H3. The Bertz CT molecular complexity index is 2450. The van der Waals surface area contributed by atoms with Crippen LogP contribution in [0.3, 0.4) is 0 Å². The summed E-state index contributed by atoms with van der Waals surface area (Å²) in [5.41, 5.74) is 12.3. The van der Waals surface area contributed by atoms with Crippen LogP contribution in [0.2, 0.25) is 0 Å². The first-order chi connectivity index (χ1) is 26.2. The Morgan fingerprint density at radius 3 is 1.43 bits per heavy atom. The first-order valence-corrected chi connectivity index (χ1v) is 22.4. The number of hydrogen-bond donors (Lipinski definition) is 0. The topological polar surface area (TPSA) is 44.7 Å². The highest BCUT2D eigenvalue weighted by Gasteiger charge is 2.37. The largest absolute Gasteiger partial charge is 0.496 e. The Kier molecular flexibility index (Phi) is 10.6. The summed E-state index contributed by atoms with van der Waals surface area (Å²) < 4.78 is 28.5. The highest BCUT2D eigenvalue weighted by Crippen LogP contribution is 2.54. The molecular formula is C53H73O4P. The molecule has 1 aliphatic heterocycles. The maximum atomic E-state index is 7.47. The molecule has 1 unspecified atom stereocenters. The van der Waals surface area contributed by atoms with Gasteiger partial charge in [-0.2, -0.15) is 0 Å². The van der Waals surface area contributed by atoms with Crippen molar-refractivity contribution in [3.05, 3.63) is 93.0 Å². The molecule has 4 aromatic carbocycles. The van der Waals surface area contributed by atoms with Gasteiger partial charge in [0.05, 0.1) is 7.11 Å². The van der Waals surface area contributed by atoms with Gasteiger partial charge in [0.25, 0.3) is 0 Å². The van der Waals surface area contributed by atoms with Crippen molar-refractivity contribution in [1.82, 2.24) is 0 Å². The SMILES string of the molecule is COc1c(-c2cc(C(C)(C)C)cc3c2Op2oc4c(cc(C(C)(C)C)cc4c4cc(C(C)(C)C)cc(C(C)(C)C)c4o2)CC3(C)C)cc(C(C)(C)C)cc1C(C)(C)C. The summed E-state index contributed by atoms with van der Waals surface area (Å²) >= 11 is 0. The second-order valence-corrected chi connectivity index (χ2v) is 25.0. The predicted octanol–water partition coefficient (Wildman–Crippen LogP) is 16.4. The molecule has 0 fully saturated rings. The number of hydrogen-bond acceptors (Lipinski definition) is 4. The van der Waals surface area contributed by atoms with E-state index in [1.165, 1.54) is 33.4 Å². The summed E-state index contributed by atoms with van der Waals surface area (Å²) in [6.45, 7) is 46.0. The van der Waals surface area contributed by atoms with Gasteiger partial charge in [0.2, 0.25) is 0 Å². The summed E-state index contributed by atoms with van der Waals surface area (Å²) in [7, 11) is -0.173. The van der Waals surface area contributed by atoms with Crippen molar-refractivity contribution < 1.29 is 17.7 Å². The van der Waals surface area contributed by atoms with Crippen molar-refractivity contribution in [2.45, 2.75) is 183 Å². The third kappa shape index (κ3) is 8.26. The molecular weight excluding hydrogens is 732 g/mol. The average Bonchev–Trinajstić information content (AvgIpc) is 3.18. The van der Waals surface area contributed by atoms with Crippen LogP contribution in [0.1, 0.15) is 183 Å². The summed E-state index contributed by atoms with van der Waals surface area (Å²) in [6, 6.07) is 18.9. The van der Waals surface area contributed by atoms with E-state index in [1.54, 1.807) is 7.11 Å². The fourth-order valence-electron chi connectivity index (χ4n) is 8.23. The van der Waals surface area contributed by atoms with Crippen molar-refractivity contribution in [2.75, 3.05) is 7.11 Å². The van der Waals surface area contributed by atoms with Gasteiger partial charge in [0.15, 0.2) is 0 Å². The molecule has 314 valence electrons. The summed E-state index contributed by atoms with van der Waals surface area (Å²) in [4.78, 5) is 0. The normalized spacial score (nSPS) is 15.5. The van der Waals surface area contributed by atoms with Crippen molar-refractivity contribution in [3.63, 3.8) is 0 Å². The zero-order valence-electron chi connectivity index (χ0n) is 39.9. The van der Waals surface area contributed by atoms with Gasteiger partial charge in [-0.3, -0.25) is 0 Å². The van der Waals surface area contributed by atoms with Crippen LogP contribution in [0.5, 0.6) is 11.5 Å². The predicted molar refractivity (Wildman–Crippen MR) is 250 cm³/mol. The Morgan fingerprint density at radius 1 is 0.500 bits per heavy atom. The minimum atomic E-state index is -1.98. The number of fused-ring (bicyclic) bond motifs is 4. The lowest BCUT2D eigenvalue weighted by atomic mass is 9.72. The fraction of sp³-hybridized carbons (Fsp3) is 0.547. The Balaban J connectivity index is 1.88. The summed E-state index contributed by atoms with van der Waals surface area (Å²) in [5, 5.41) is 2.15. The van der Waals surface area contributed by atoms with Crippen molar-refractivity contribution in [2.24, 2.45) is 0 Å². The first kappa shape index (κ1) is 43.9. The molecule has 1 aliphatic rings. The minimum absolute atomic E-state index is 0.0767. The molecule has 58 heavy (non-hydrogen) atoms. The molecule has 2 bridgehead atoms. The van der Waals surface area contributed by atoms with Crippen molar-refractivity contribution in [1.29, 1.82) is 0 Å². The van der Waals surface area contributed by atoms with Gasteiger partial charge in [-0.1, -0.05) is 163 Å². The van der Waals surface area contributed by atoms with Gasteiger partial charge in [-0.25, -0.2) is 0 Å². The second kappa shape index (κ2) is 14.0. The third-order valence-electron chi connectivity index (χ3n) is 12.2. The van der Waals surface area contributed by atoms with E-state index in [2.05, 4.69) is 187 Å². The molecule has 0 aliphatic carbocycles. The van der Waals surface area contributed by atoms with Crippen LogP contribution < -0.4 is 9.26 Å². The van der Waals surface area contributed by atoms with E-state index in [0.717, 1.165) is 62.1 Å². The number of benzene rings is 4. The highest BCUT2D eigenvalue weighted by atomic mass is 31.1. The van der Waals surface area contributed by atoms with E-state index in [1.807, 2.05) is 0 Å². The smallest absolute Gasteiger partial charge is 0.453 e. The molecule has 0 N–H and O–H groups in total. The quantitative estimate of drug-likeness (QED) is 0.178. The Hall–Kier alpha value is -3.62. The maximum Gasteiger partial charge on any atom is 0.453 e. The summed E-state index contributed by atoms with van der Waals surface area (Å²) in [5.74, 6) is 1.67. The highest BCUT2D eigenvalue weighted by molar-refractivity contribution is 7.32. The van der Waals surface area contributed by atoms with Crippen LogP contribution in [0.15, 0.2) is 56.9 Å². The molecule has 0 saturated carbocycles. The van der Waals surface area contributed by atoms with E-state index in [9.17, 15) is 0 Å². The first-order valence-electron chi connectivity index (χ1n) is 21.3. The lowest BCUT2D eigenvalue weighted by Crippen LogP contribution is -2.24. The van der Waals surface area contributed by atoms with E-state index in [0.29, 0.717) is 0 Å². The monoisotopic (exact) mass is 805 g/mol. The van der Waals surface area contributed by atoms with Crippen LogP contribution in [0.4, 0.5) is 0 Å². The fourth-order valence-corrected chi connectivity index (χ4v) is 9.40. The zero-order chi connectivity index (χ0) is 43.5. The molecule has 2 heterocycles. The van der Waals surface area contributed by atoms with Gasteiger partial charge in [0, 0.05) is 38.6 Å². The number of methoxy groups -OCH3 is 1. The van der Waals surface area contributed by atoms with Crippen LogP contribution in [0.25, 0.3) is 33.1 Å². The molecule has 0 spiro atoms. The van der Waals surface area contributed by atoms with Crippen LogP contribution >= 0.6 is 8.24 Å². The maximum absolute atomic E-state index is 7.47. The van der Waals surface area contributed by atoms with Gasteiger partial charge in [-0.15, -0.1) is 0 Å². The molecule has 0 radical (unpaired) electrons. The summed E-state index contributed by atoms with van der Waals surface area (Å²) in [6.07, 6.45) is 0.749. The molecule has 1 aromatic heterocycles. The zero-order valence-corrected chi connectivity index (χ0v) is 40.8. The van der Waals surface area contributed by atoms with Crippen LogP contribution in [-0.4, -0.2) is 7.11 Å². The van der Waals surface area contributed by atoms with Crippen molar-refractivity contribution in [3.8, 4) is 22.6 Å². The minimum Gasteiger partial charge on any atom is -0.496 e. The second-order valence-electron chi connectivity index (χ2n) is 24.0. The van der Waals surface area contributed by atoms with Crippen molar-refractivity contribution >= 4 is 30.2 Å². The van der Waals surface area contributed by atoms with Gasteiger partial charge >= 0.3 is 8.24 Å². The lowest BCUT2D eigenvalue weighted by molar-refractivity contribution is 0.398. The number of rotatable bonds is 2. The molecule has 5 heteroatoms.